The Morgan fingerprint density at radius 3 is 2.60 bits per heavy atom. The lowest BCUT2D eigenvalue weighted by Crippen LogP contribution is -2.38. The molecule has 110 valence electrons. The van der Waals surface area contributed by atoms with Crippen LogP contribution in [0.25, 0.3) is 0 Å². The van der Waals surface area contributed by atoms with E-state index < -0.39 is 22.5 Å². The molecule has 0 spiro atoms. The molecule has 1 aromatic carbocycles. The summed E-state index contributed by atoms with van der Waals surface area (Å²) >= 11 is 3.17. The van der Waals surface area contributed by atoms with E-state index >= 15 is 0 Å². The highest BCUT2D eigenvalue weighted by atomic mass is 79.9. The van der Waals surface area contributed by atoms with Crippen LogP contribution in [0, 0.1) is 10.1 Å². The second kappa shape index (κ2) is 6.32. The van der Waals surface area contributed by atoms with Crippen molar-refractivity contribution >= 4 is 27.6 Å². The number of nitro benzene ring substituents is 1. The molecule has 0 saturated heterocycles. The Morgan fingerprint density at radius 2 is 2.10 bits per heavy atom. The smallest absolute Gasteiger partial charge is 0.323 e. The third-order valence-electron chi connectivity index (χ3n) is 2.39. The first-order valence-corrected chi connectivity index (χ1v) is 6.80. The van der Waals surface area contributed by atoms with Gasteiger partial charge in [-0.3, -0.25) is 14.9 Å². The molecular weight excluding hydrogens is 328 g/mol. The minimum Gasteiger partial charge on any atom is -0.459 e. The molecule has 0 aliphatic heterocycles. The van der Waals surface area contributed by atoms with E-state index in [2.05, 4.69) is 15.9 Å². The molecule has 1 aromatic rings. The molecule has 0 radical (unpaired) electrons. The number of carbonyl (C=O) groups is 1. The maximum Gasteiger partial charge on any atom is 0.323 e. The van der Waals surface area contributed by atoms with Crippen molar-refractivity contribution in [3.63, 3.8) is 0 Å². The molecule has 0 heterocycles. The Bertz CT molecular complexity index is 526. The van der Waals surface area contributed by atoms with Gasteiger partial charge in [0.25, 0.3) is 5.69 Å². The van der Waals surface area contributed by atoms with Crippen LogP contribution in [0.5, 0.6) is 0 Å². The van der Waals surface area contributed by atoms with Gasteiger partial charge in [-0.15, -0.1) is 0 Å². The van der Waals surface area contributed by atoms with Crippen LogP contribution < -0.4 is 5.73 Å². The van der Waals surface area contributed by atoms with E-state index in [1.165, 1.54) is 6.07 Å². The molecule has 6 nitrogen and oxygen atoms in total. The van der Waals surface area contributed by atoms with Crippen molar-refractivity contribution in [3.05, 3.63) is 38.3 Å². The van der Waals surface area contributed by atoms with Gasteiger partial charge in [-0.05, 0) is 26.8 Å². The predicted octanol–water partition coefficient (Wildman–Crippen LogP) is 2.57. The van der Waals surface area contributed by atoms with Gasteiger partial charge in [0, 0.05) is 22.5 Å². The van der Waals surface area contributed by atoms with Gasteiger partial charge in [0.15, 0.2) is 0 Å². The number of rotatable bonds is 4. The van der Waals surface area contributed by atoms with Gasteiger partial charge in [0.05, 0.1) is 4.92 Å². The Balaban J connectivity index is 2.88. The Hall–Kier alpha value is -1.47. The summed E-state index contributed by atoms with van der Waals surface area (Å²) in [7, 11) is 0. The monoisotopic (exact) mass is 344 g/mol. The number of carbonyl (C=O) groups excluding carboxylic acids is 1. The molecule has 0 aliphatic carbocycles. The highest BCUT2D eigenvalue weighted by molar-refractivity contribution is 9.10. The van der Waals surface area contributed by atoms with Crippen molar-refractivity contribution in [1.29, 1.82) is 0 Å². The van der Waals surface area contributed by atoms with Gasteiger partial charge < -0.3 is 10.5 Å². The van der Waals surface area contributed by atoms with E-state index in [9.17, 15) is 14.9 Å². The molecule has 0 amide bonds. The third-order valence-corrected chi connectivity index (χ3v) is 2.89. The Kier molecular flexibility index (Phi) is 5.24. The zero-order valence-corrected chi connectivity index (χ0v) is 13.1. The summed E-state index contributed by atoms with van der Waals surface area (Å²) in [5.74, 6) is -0.574. The number of nitrogens with two attached hydrogens (primary N) is 1. The van der Waals surface area contributed by atoms with Gasteiger partial charge >= 0.3 is 5.97 Å². The first-order valence-electron chi connectivity index (χ1n) is 6.01. The zero-order valence-electron chi connectivity index (χ0n) is 11.6. The number of halogens is 1. The number of hydrogen-bond acceptors (Lipinski definition) is 5. The van der Waals surface area contributed by atoms with Crippen molar-refractivity contribution in [2.45, 2.75) is 38.8 Å². The van der Waals surface area contributed by atoms with Crippen LogP contribution in [-0.2, 0) is 16.0 Å². The molecule has 20 heavy (non-hydrogen) atoms. The fraction of sp³-hybridized carbons (Fsp3) is 0.462. The minimum absolute atomic E-state index is 0.0541. The van der Waals surface area contributed by atoms with Crippen LogP contribution in [0.4, 0.5) is 5.69 Å². The topological polar surface area (TPSA) is 95.5 Å². The molecule has 0 aliphatic rings. The molecule has 0 fully saturated rings. The number of ether oxygens (including phenoxy) is 1. The van der Waals surface area contributed by atoms with Gasteiger partial charge in [-0.25, -0.2) is 0 Å². The van der Waals surface area contributed by atoms with Gasteiger partial charge in [0.1, 0.15) is 11.6 Å². The number of benzene rings is 1. The Labute approximate surface area is 125 Å². The second-order valence-electron chi connectivity index (χ2n) is 5.37. The molecule has 1 rings (SSSR count). The summed E-state index contributed by atoms with van der Waals surface area (Å²) in [6, 6.07) is 3.70. The molecule has 0 bridgehead atoms. The zero-order chi connectivity index (χ0) is 15.5. The quantitative estimate of drug-likeness (QED) is 0.514. The fourth-order valence-electron chi connectivity index (χ4n) is 1.58. The average Bonchev–Trinajstić information content (AvgIpc) is 2.28. The number of hydrogen-bond donors (Lipinski definition) is 1. The number of nitro groups is 1. The van der Waals surface area contributed by atoms with E-state index in [-0.39, 0.29) is 12.1 Å². The van der Waals surface area contributed by atoms with Crippen molar-refractivity contribution in [2.24, 2.45) is 5.73 Å². The van der Waals surface area contributed by atoms with Crippen molar-refractivity contribution in [1.82, 2.24) is 0 Å². The van der Waals surface area contributed by atoms with Crippen LogP contribution in [0.3, 0.4) is 0 Å². The van der Waals surface area contributed by atoms with E-state index in [0.717, 1.165) is 0 Å². The molecule has 7 heteroatoms. The maximum absolute atomic E-state index is 11.8. The van der Waals surface area contributed by atoms with E-state index in [4.69, 9.17) is 10.5 Å². The molecule has 1 atom stereocenters. The maximum atomic E-state index is 11.8. The van der Waals surface area contributed by atoms with Crippen LogP contribution in [0.1, 0.15) is 26.3 Å². The first kappa shape index (κ1) is 16.6. The standard InChI is InChI=1S/C13H17BrN2O4/c1-13(2,3)20-12(17)10(15)6-8-4-5-9(14)7-11(8)16(18)19/h4-5,7,10H,6,15H2,1-3H3. The van der Waals surface area contributed by atoms with Gasteiger partial charge in [-0.1, -0.05) is 22.0 Å². The highest BCUT2D eigenvalue weighted by Gasteiger charge is 2.25. The Morgan fingerprint density at radius 1 is 1.50 bits per heavy atom. The summed E-state index contributed by atoms with van der Waals surface area (Å²) in [4.78, 5) is 22.3. The molecule has 2 N–H and O–H groups in total. The largest absolute Gasteiger partial charge is 0.459 e. The SMILES string of the molecule is CC(C)(C)OC(=O)C(N)Cc1ccc(Br)cc1[N+](=O)[O-]. The van der Waals surface area contributed by atoms with Crippen LogP contribution >= 0.6 is 15.9 Å². The number of nitrogens with zero attached hydrogens (tertiary/aromatic N) is 1. The third kappa shape index (κ3) is 4.90. The van der Waals surface area contributed by atoms with Crippen LogP contribution in [-0.4, -0.2) is 22.5 Å². The van der Waals surface area contributed by atoms with Crippen molar-refractivity contribution in [2.75, 3.05) is 0 Å². The summed E-state index contributed by atoms with van der Waals surface area (Å²) in [5.41, 5.74) is 5.44. The fourth-order valence-corrected chi connectivity index (χ4v) is 1.93. The van der Waals surface area contributed by atoms with E-state index in [1.807, 2.05) is 0 Å². The van der Waals surface area contributed by atoms with Crippen LogP contribution in [0.2, 0.25) is 0 Å². The normalized spacial score (nSPS) is 12.8. The summed E-state index contributed by atoms with van der Waals surface area (Å²) in [6.45, 7) is 5.21. The lowest BCUT2D eigenvalue weighted by Gasteiger charge is -2.22. The van der Waals surface area contributed by atoms with Gasteiger partial charge in [-0.2, -0.15) is 0 Å². The highest BCUT2D eigenvalue weighted by Crippen LogP contribution is 2.24. The second-order valence-corrected chi connectivity index (χ2v) is 6.29. The van der Waals surface area contributed by atoms with E-state index in [0.29, 0.717) is 10.0 Å². The lowest BCUT2D eigenvalue weighted by molar-refractivity contribution is -0.385. The van der Waals surface area contributed by atoms with E-state index in [1.54, 1.807) is 32.9 Å². The molecule has 0 saturated carbocycles. The molecule has 1 unspecified atom stereocenters. The van der Waals surface area contributed by atoms with Gasteiger partial charge in [0.2, 0.25) is 0 Å². The first-order chi connectivity index (χ1) is 9.10. The van der Waals surface area contributed by atoms with Crippen molar-refractivity contribution in [3.8, 4) is 0 Å². The molecule has 0 aromatic heterocycles. The minimum atomic E-state index is -0.936. The van der Waals surface area contributed by atoms with Crippen LogP contribution in [0.15, 0.2) is 22.7 Å². The summed E-state index contributed by atoms with van der Waals surface area (Å²) in [5, 5.41) is 11.0. The predicted molar refractivity (Wildman–Crippen MR) is 78.3 cm³/mol. The lowest BCUT2D eigenvalue weighted by atomic mass is 10.0. The average molecular weight is 345 g/mol. The number of esters is 1. The molecular formula is C13H17BrN2O4. The summed E-state index contributed by atoms with van der Waals surface area (Å²) in [6.07, 6.45) is 0.0541. The summed E-state index contributed by atoms with van der Waals surface area (Å²) < 4.78 is 5.75. The van der Waals surface area contributed by atoms with Crippen molar-refractivity contribution < 1.29 is 14.5 Å².